The molecule has 1 heterocycles. The van der Waals surface area contributed by atoms with Crippen LogP contribution in [0, 0.1) is 5.82 Å². The van der Waals surface area contributed by atoms with Gasteiger partial charge in [0.25, 0.3) is 0 Å². The Kier molecular flexibility index (Phi) is 5.11. The maximum Gasteiger partial charge on any atom is 0.411 e. The van der Waals surface area contributed by atoms with Crippen molar-refractivity contribution in [3.05, 3.63) is 53.3 Å². The van der Waals surface area contributed by atoms with Crippen molar-refractivity contribution in [3.8, 4) is 11.1 Å². The van der Waals surface area contributed by atoms with E-state index in [0.717, 1.165) is 0 Å². The number of benzene rings is 2. The van der Waals surface area contributed by atoms with Gasteiger partial charge in [0, 0.05) is 16.1 Å². The van der Waals surface area contributed by atoms with Crippen molar-refractivity contribution in [1.82, 2.24) is 4.90 Å². The molecule has 0 aliphatic carbocycles. The number of carbonyl (C=O) groups excluding carboxylic acids is 2. The van der Waals surface area contributed by atoms with Crippen molar-refractivity contribution in [3.63, 3.8) is 0 Å². The smallest absolute Gasteiger partial charge is 0.411 e. The van der Waals surface area contributed by atoms with Gasteiger partial charge in [0.15, 0.2) is 5.82 Å². The van der Waals surface area contributed by atoms with Crippen molar-refractivity contribution < 1.29 is 18.7 Å². The Morgan fingerprint density at radius 3 is 2.48 bits per heavy atom. The van der Waals surface area contributed by atoms with E-state index in [4.69, 9.17) is 16.3 Å². The number of anilines is 1. The molecule has 1 aliphatic heterocycles. The van der Waals surface area contributed by atoms with E-state index in [1.54, 1.807) is 57.2 Å². The van der Waals surface area contributed by atoms with E-state index < -0.39 is 29.5 Å². The Morgan fingerprint density at radius 2 is 1.81 bits per heavy atom. The zero-order valence-corrected chi connectivity index (χ0v) is 16.0. The first-order valence-electron chi connectivity index (χ1n) is 8.51. The van der Waals surface area contributed by atoms with Gasteiger partial charge in [-0.3, -0.25) is 9.69 Å². The van der Waals surface area contributed by atoms with Crippen LogP contribution in [0.2, 0.25) is 5.02 Å². The van der Waals surface area contributed by atoms with Crippen LogP contribution >= 0.6 is 11.6 Å². The maximum atomic E-state index is 14.9. The maximum absolute atomic E-state index is 14.9. The fourth-order valence-corrected chi connectivity index (χ4v) is 2.86. The molecular formula is C20H20ClFN2O3. The molecule has 1 aliphatic rings. The van der Waals surface area contributed by atoms with Gasteiger partial charge in [0.2, 0.25) is 5.91 Å². The number of hydrogen-bond donors (Lipinski definition) is 1. The molecule has 3 rings (SSSR count). The lowest BCUT2D eigenvalue weighted by molar-refractivity contribution is -0.116. The Bertz CT molecular complexity index is 895. The minimum absolute atomic E-state index is 0.0356. The SMILES string of the molecule is CC(C)(C)OC(=O)N1C[C@H]1C(=O)Nc1cccc(-c2ccccc2Cl)c1F. The summed E-state index contributed by atoms with van der Waals surface area (Å²) in [6.45, 7) is 5.49. The molecule has 2 aromatic rings. The lowest BCUT2D eigenvalue weighted by Gasteiger charge is -2.19. The van der Waals surface area contributed by atoms with Crippen molar-refractivity contribution >= 4 is 29.3 Å². The highest BCUT2D eigenvalue weighted by Crippen LogP contribution is 2.33. The van der Waals surface area contributed by atoms with E-state index in [9.17, 15) is 14.0 Å². The van der Waals surface area contributed by atoms with Crippen molar-refractivity contribution in [2.75, 3.05) is 11.9 Å². The summed E-state index contributed by atoms with van der Waals surface area (Å²) in [7, 11) is 0. The molecule has 7 heteroatoms. The Morgan fingerprint density at radius 1 is 1.15 bits per heavy atom. The minimum Gasteiger partial charge on any atom is -0.444 e. The van der Waals surface area contributed by atoms with E-state index in [1.807, 2.05) is 0 Å². The molecule has 0 aromatic heterocycles. The highest BCUT2D eigenvalue weighted by molar-refractivity contribution is 6.33. The molecule has 1 saturated heterocycles. The van der Waals surface area contributed by atoms with Crippen LogP contribution in [0.3, 0.4) is 0 Å². The molecule has 2 amide bonds. The third kappa shape index (κ3) is 4.39. The molecule has 0 bridgehead atoms. The second-order valence-electron chi connectivity index (χ2n) is 7.28. The van der Waals surface area contributed by atoms with Gasteiger partial charge in [0.1, 0.15) is 11.6 Å². The second kappa shape index (κ2) is 7.19. The number of halogens is 2. The van der Waals surface area contributed by atoms with Crippen LogP contribution in [-0.4, -0.2) is 35.1 Å². The normalized spacial score (nSPS) is 16.0. The summed E-state index contributed by atoms with van der Waals surface area (Å²) in [6, 6.07) is 10.9. The molecule has 2 aromatic carbocycles. The second-order valence-corrected chi connectivity index (χ2v) is 7.69. The number of rotatable bonds is 3. The molecule has 0 saturated carbocycles. The Hall–Kier alpha value is -2.60. The van der Waals surface area contributed by atoms with Gasteiger partial charge in [-0.05, 0) is 32.9 Å². The van der Waals surface area contributed by atoms with E-state index in [1.165, 1.54) is 11.0 Å². The lowest BCUT2D eigenvalue weighted by Crippen LogP contribution is -2.30. The Labute approximate surface area is 162 Å². The third-order valence-electron chi connectivity index (χ3n) is 3.96. The van der Waals surface area contributed by atoms with Crippen LogP contribution in [0.25, 0.3) is 11.1 Å². The van der Waals surface area contributed by atoms with Crippen LogP contribution in [-0.2, 0) is 9.53 Å². The van der Waals surface area contributed by atoms with Crippen molar-refractivity contribution in [2.45, 2.75) is 32.4 Å². The fraction of sp³-hybridized carbons (Fsp3) is 0.300. The minimum atomic E-state index is -0.664. The fourth-order valence-electron chi connectivity index (χ4n) is 2.62. The summed E-state index contributed by atoms with van der Waals surface area (Å²) in [4.78, 5) is 25.6. The molecule has 142 valence electrons. The van der Waals surface area contributed by atoms with Gasteiger partial charge in [0.05, 0.1) is 12.2 Å². The number of hydrogen-bond acceptors (Lipinski definition) is 3. The topological polar surface area (TPSA) is 58.4 Å². The number of nitrogens with zero attached hydrogens (tertiary/aromatic N) is 1. The first kappa shape index (κ1) is 19.2. The van der Waals surface area contributed by atoms with Gasteiger partial charge < -0.3 is 10.1 Å². The number of nitrogens with one attached hydrogen (secondary N) is 1. The highest BCUT2D eigenvalue weighted by atomic mass is 35.5. The molecule has 0 spiro atoms. The average molecular weight is 391 g/mol. The predicted molar refractivity (Wildman–Crippen MR) is 102 cm³/mol. The first-order valence-corrected chi connectivity index (χ1v) is 8.89. The molecule has 1 fully saturated rings. The van der Waals surface area contributed by atoms with Gasteiger partial charge in [-0.2, -0.15) is 0 Å². The predicted octanol–water partition coefficient (Wildman–Crippen LogP) is 4.70. The number of amides is 2. The van der Waals surface area contributed by atoms with Crippen LogP contribution in [0.1, 0.15) is 20.8 Å². The van der Waals surface area contributed by atoms with Crippen LogP contribution < -0.4 is 5.32 Å². The van der Waals surface area contributed by atoms with Crippen molar-refractivity contribution in [2.24, 2.45) is 0 Å². The van der Waals surface area contributed by atoms with Gasteiger partial charge in [-0.25, -0.2) is 9.18 Å². The van der Waals surface area contributed by atoms with E-state index in [-0.39, 0.29) is 17.8 Å². The standard InChI is InChI=1S/C20H20ClFN2O3/c1-20(2,3)27-19(26)24-11-16(24)18(25)23-15-10-6-8-13(17(15)22)12-7-4-5-9-14(12)21/h4-10,16H,11H2,1-3H3,(H,23,25)/t16-,24?/m0/s1. The number of carbonyl (C=O) groups is 2. The zero-order chi connectivity index (χ0) is 19.8. The molecular weight excluding hydrogens is 371 g/mol. The summed E-state index contributed by atoms with van der Waals surface area (Å²) < 4.78 is 20.1. The summed E-state index contributed by atoms with van der Waals surface area (Å²) in [5.74, 6) is -1.04. The highest BCUT2D eigenvalue weighted by Gasteiger charge is 2.46. The molecule has 0 radical (unpaired) electrons. The summed E-state index contributed by atoms with van der Waals surface area (Å²) in [5, 5.41) is 2.96. The molecule has 27 heavy (non-hydrogen) atoms. The monoisotopic (exact) mass is 390 g/mol. The molecule has 1 N–H and O–H groups in total. The summed E-state index contributed by atoms with van der Waals surface area (Å²) in [5.41, 5.74) is 0.219. The summed E-state index contributed by atoms with van der Waals surface area (Å²) in [6.07, 6.45) is -0.562. The van der Waals surface area contributed by atoms with Gasteiger partial charge in [-0.15, -0.1) is 0 Å². The van der Waals surface area contributed by atoms with Crippen molar-refractivity contribution in [1.29, 1.82) is 0 Å². The largest absolute Gasteiger partial charge is 0.444 e. The van der Waals surface area contributed by atoms with E-state index in [2.05, 4.69) is 5.32 Å². The average Bonchev–Trinajstić information content (AvgIpc) is 3.37. The lowest BCUT2D eigenvalue weighted by atomic mass is 10.0. The Balaban J connectivity index is 1.72. The third-order valence-corrected chi connectivity index (χ3v) is 4.29. The number of ether oxygens (including phenoxy) is 1. The van der Waals surface area contributed by atoms with Gasteiger partial charge in [-0.1, -0.05) is 41.9 Å². The molecule has 1 atom stereocenters. The molecule has 5 nitrogen and oxygen atoms in total. The zero-order valence-electron chi connectivity index (χ0n) is 15.3. The van der Waals surface area contributed by atoms with Gasteiger partial charge >= 0.3 is 6.09 Å². The van der Waals surface area contributed by atoms with E-state index in [0.29, 0.717) is 10.6 Å². The van der Waals surface area contributed by atoms with Crippen LogP contribution in [0.15, 0.2) is 42.5 Å². The van der Waals surface area contributed by atoms with Crippen LogP contribution in [0.4, 0.5) is 14.9 Å². The van der Waals surface area contributed by atoms with E-state index >= 15 is 0 Å². The quantitative estimate of drug-likeness (QED) is 0.772. The van der Waals surface area contributed by atoms with Crippen LogP contribution in [0.5, 0.6) is 0 Å². The summed E-state index contributed by atoms with van der Waals surface area (Å²) >= 11 is 6.14. The molecule has 0 unspecified atom stereocenters. The first-order chi connectivity index (χ1) is 12.7.